The Kier molecular flexibility index (Phi) is 4.04. The van der Waals surface area contributed by atoms with E-state index in [-0.39, 0.29) is 5.56 Å². The summed E-state index contributed by atoms with van der Waals surface area (Å²) in [6.45, 7) is 2.47. The van der Waals surface area contributed by atoms with Crippen LogP contribution in [0.4, 0.5) is 13.2 Å². The molecule has 0 aliphatic rings. The molecule has 1 nitrogen and oxygen atoms in total. The van der Waals surface area contributed by atoms with Crippen molar-refractivity contribution < 1.29 is 13.2 Å². The van der Waals surface area contributed by atoms with Crippen LogP contribution in [0, 0.1) is 17.5 Å². The number of nitrogens with one attached hydrogen (secondary N) is 1. The van der Waals surface area contributed by atoms with Crippen LogP contribution >= 0.6 is 11.3 Å². The maximum Gasteiger partial charge on any atom is 0.194 e. The fourth-order valence-corrected chi connectivity index (χ4v) is 2.50. The summed E-state index contributed by atoms with van der Waals surface area (Å²) in [7, 11) is 0. The quantitative estimate of drug-likeness (QED) is 0.832. The Morgan fingerprint density at radius 2 is 1.94 bits per heavy atom. The van der Waals surface area contributed by atoms with Gasteiger partial charge in [0, 0.05) is 5.56 Å². The summed E-state index contributed by atoms with van der Waals surface area (Å²) < 4.78 is 40.0. The molecule has 0 aliphatic heterocycles. The largest absolute Gasteiger partial charge is 0.306 e. The van der Waals surface area contributed by atoms with Crippen LogP contribution in [0.2, 0.25) is 0 Å². The Morgan fingerprint density at radius 1 is 1.17 bits per heavy atom. The van der Waals surface area contributed by atoms with Crippen molar-refractivity contribution in [1.29, 1.82) is 0 Å². The van der Waals surface area contributed by atoms with Gasteiger partial charge in [0.1, 0.15) is 0 Å². The summed E-state index contributed by atoms with van der Waals surface area (Å²) in [5, 5.41) is 6.78. The van der Waals surface area contributed by atoms with Gasteiger partial charge < -0.3 is 5.32 Å². The minimum Gasteiger partial charge on any atom is -0.306 e. The van der Waals surface area contributed by atoms with Crippen LogP contribution in [-0.2, 0) is 0 Å². The smallest absolute Gasteiger partial charge is 0.194 e. The molecule has 0 spiro atoms. The highest BCUT2D eigenvalue weighted by Gasteiger charge is 2.21. The monoisotopic (exact) mass is 271 g/mol. The zero-order chi connectivity index (χ0) is 13.1. The van der Waals surface area contributed by atoms with E-state index < -0.39 is 23.5 Å². The molecule has 1 aromatic carbocycles. The van der Waals surface area contributed by atoms with Gasteiger partial charge in [0.15, 0.2) is 17.5 Å². The first kappa shape index (κ1) is 13.1. The first-order chi connectivity index (χ1) is 8.65. The molecule has 0 radical (unpaired) electrons. The molecule has 1 N–H and O–H groups in total. The first-order valence-corrected chi connectivity index (χ1v) is 6.48. The fraction of sp³-hybridized carbons (Fsp3) is 0.231. The lowest BCUT2D eigenvalue weighted by Gasteiger charge is -2.18. The molecule has 0 amide bonds. The van der Waals surface area contributed by atoms with Crippen molar-refractivity contribution in [2.45, 2.75) is 13.0 Å². The molecule has 1 heterocycles. The van der Waals surface area contributed by atoms with Crippen molar-refractivity contribution in [3.63, 3.8) is 0 Å². The molecule has 0 aliphatic carbocycles. The Hall–Kier alpha value is -1.33. The summed E-state index contributed by atoms with van der Waals surface area (Å²) in [6.07, 6.45) is 0. The number of hydrogen-bond donors (Lipinski definition) is 1. The summed E-state index contributed by atoms with van der Waals surface area (Å²) in [5.41, 5.74) is 0.959. The molecule has 0 fully saturated rings. The van der Waals surface area contributed by atoms with E-state index in [1.165, 1.54) is 17.4 Å². The Bertz CT molecular complexity index is 525. The second kappa shape index (κ2) is 5.54. The predicted octanol–water partition coefficient (Wildman–Crippen LogP) is 3.86. The van der Waals surface area contributed by atoms with Crippen LogP contribution in [-0.4, -0.2) is 6.54 Å². The SMILES string of the molecule is CCNC(c1ccsc1)c1ccc(F)c(F)c1F. The van der Waals surface area contributed by atoms with E-state index in [0.29, 0.717) is 6.54 Å². The van der Waals surface area contributed by atoms with Gasteiger partial charge in [-0.25, -0.2) is 13.2 Å². The number of thiophene rings is 1. The molecule has 1 aromatic heterocycles. The first-order valence-electron chi connectivity index (χ1n) is 5.54. The van der Waals surface area contributed by atoms with E-state index in [0.717, 1.165) is 11.6 Å². The summed E-state index contributed by atoms with van der Waals surface area (Å²) in [5.74, 6) is -3.73. The predicted molar refractivity (Wildman–Crippen MR) is 66.2 cm³/mol. The van der Waals surface area contributed by atoms with Gasteiger partial charge >= 0.3 is 0 Å². The van der Waals surface area contributed by atoms with E-state index in [4.69, 9.17) is 0 Å². The van der Waals surface area contributed by atoms with Crippen LogP contribution in [0.5, 0.6) is 0 Å². The second-order valence-corrected chi connectivity index (χ2v) is 4.59. The molecule has 0 saturated carbocycles. The molecule has 2 aromatic rings. The van der Waals surface area contributed by atoms with Gasteiger partial charge in [0.25, 0.3) is 0 Å². The third-order valence-electron chi connectivity index (χ3n) is 2.66. The van der Waals surface area contributed by atoms with Gasteiger partial charge in [-0.2, -0.15) is 11.3 Å². The molecular weight excluding hydrogens is 259 g/mol. The Labute approximate surface area is 107 Å². The van der Waals surface area contributed by atoms with Crippen molar-refractivity contribution in [3.8, 4) is 0 Å². The maximum atomic E-state index is 13.8. The molecule has 2 rings (SSSR count). The maximum absolute atomic E-state index is 13.8. The second-order valence-electron chi connectivity index (χ2n) is 3.81. The van der Waals surface area contributed by atoms with Crippen LogP contribution < -0.4 is 5.32 Å². The van der Waals surface area contributed by atoms with Gasteiger partial charge in [0.05, 0.1) is 6.04 Å². The van der Waals surface area contributed by atoms with E-state index in [1.807, 2.05) is 23.8 Å². The van der Waals surface area contributed by atoms with Gasteiger partial charge in [-0.15, -0.1) is 0 Å². The van der Waals surface area contributed by atoms with E-state index in [2.05, 4.69) is 5.32 Å². The van der Waals surface area contributed by atoms with E-state index >= 15 is 0 Å². The van der Waals surface area contributed by atoms with Crippen molar-refractivity contribution in [2.24, 2.45) is 0 Å². The normalized spacial score (nSPS) is 12.7. The Morgan fingerprint density at radius 3 is 2.56 bits per heavy atom. The van der Waals surface area contributed by atoms with Crippen LogP contribution in [0.15, 0.2) is 29.0 Å². The van der Waals surface area contributed by atoms with Gasteiger partial charge in [0.2, 0.25) is 0 Å². The molecular formula is C13H12F3NS. The van der Waals surface area contributed by atoms with Crippen molar-refractivity contribution in [3.05, 3.63) is 57.5 Å². The molecule has 0 saturated heterocycles. The van der Waals surface area contributed by atoms with Gasteiger partial charge in [-0.3, -0.25) is 0 Å². The Balaban J connectivity index is 2.47. The number of halogens is 3. The number of benzene rings is 1. The standard InChI is InChI=1S/C13H12F3NS/c1-2-17-13(8-5-6-18-7-8)9-3-4-10(14)12(16)11(9)15/h3-7,13,17H,2H2,1H3. The molecule has 96 valence electrons. The number of rotatable bonds is 4. The third-order valence-corrected chi connectivity index (χ3v) is 3.36. The average molecular weight is 271 g/mol. The summed E-state index contributed by atoms with van der Waals surface area (Å²) >= 11 is 1.47. The van der Waals surface area contributed by atoms with Crippen molar-refractivity contribution in [2.75, 3.05) is 6.54 Å². The zero-order valence-corrected chi connectivity index (χ0v) is 10.5. The zero-order valence-electron chi connectivity index (χ0n) is 9.71. The third kappa shape index (κ3) is 2.42. The lowest BCUT2D eigenvalue weighted by Crippen LogP contribution is -2.23. The van der Waals surface area contributed by atoms with Gasteiger partial charge in [-0.05, 0) is 35.0 Å². The van der Waals surface area contributed by atoms with E-state index in [1.54, 1.807) is 0 Å². The topological polar surface area (TPSA) is 12.0 Å². The fourth-order valence-electron chi connectivity index (χ4n) is 1.81. The lowest BCUT2D eigenvalue weighted by atomic mass is 10.0. The van der Waals surface area contributed by atoms with Crippen molar-refractivity contribution in [1.82, 2.24) is 5.32 Å². The average Bonchev–Trinajstić information content (AvgIpc) is 2.88. The van der Waals surface area contributed by atoms with Crippen LogP contribution in [0.25, 0.3) is 0 Å². The minimum absolute atomic E-state index is 0.120. The highest BCUT2D eigenvalue weighted by atomic mass is 32.1. The number of hydrogen-bond acceptors (Lipinski definition) is 2. The van der Waals surface area contributed by atoms with E-state index in [9.17, 15) is 13.2 Å². The minimum atomic E-state index is -1.43. The van der Waals surface area contributed by atoms with Crippen molar-refractivity contribution >= 4 is 11.3 Å². The molecule has 5 heteroatoms. The van der Waals surface area contributed by atoms with Crippen LogP contribution in [0.3, 0.4) is 0 Å². The van der Waals surface area contributed by atoms with Crippen LogP contribution in [0.1, 0.15) is 24.1 Å². The highest BCUT2D eigenvalue weighted by Crippen LogP contribution is 2.28. The molecule has 1 unspecified atom stereocenters. The molecule has 18 heavy (non-hydrogen) atoms. The lowest BCUT2D eigenvalue weighted by molar-refractivity contribution is 0.433. The summed E-state index contributed by atoms with van der Waals surface area (Å²) in [6, 6.07) is 3.60. The molecule has 0 bridgehead atoms. The summed E-state index contributed by atoms with van der Waals surface area (Å²) in [4.78, 5) is 0. The van der Waals surface area contributed by atoms with Gasteiger partial charge in [-0.1, -0.05) is 13.0 Å². The highest BCUT2D eigenvalue weighted by molar-refractivity contribution is 7.08. The molecule has 1 atom stereocenters.